The van der Waals surface area contributed by atoms with Gasteiger partial charge in [-0.2, -0.15) is 4.72 Å². The lowest BCUT2D eigenvalue weighted by Crippen LogP contribution is -2.30. The average molecular weight is 380 g/mol. The lowest BCUT2D eigenvalue weighted by molar-refractivity contribution is -0.143. The molecule has 0 radical (unpaired) electrons. The molecule has 0 unspecified atom stereocenters. The molecule has 2 rings (SSSR count). The topological polar surface area (TPSA) is 102 Å². The Bertz CT molecular complexity index is 898. The molecule has 26 heavy (non-hydrogen) atoms. The Morgan fingerprint density at radius 3 is 2.42 bits per heavy atom. The number of nitrogens with one attached hydrogen (secondary N) is 2. The van der Waals surface area contributed by atoms with E-state index in [1.54, 1.807) is 6.07 Å². The van der Waals surface area contributed by atoms with Crippen LogP contribution in [0.15, 0.2) is 53.4 Å². The number of rotatable bonds is 7. The van der Waals surface area contributed by atoms with Crippen LogP contribution in [-0.4, -0.2) is 26.8 Å². The van der Waals surface area contributed by atoms with Crippen LogP contribution in [0, 0.1) is 5.82 Å². The fourth-order valence-electron chi connectivity index (χ4n) is 2.00. The van der Waals surface area contributed by atoms with Gasteiger partial charge in [0.15, 0.2) is 0 Å². The molecular formula is C17H17FN2O5S. The van der Waals surface area contributed by atoms with Crippen LogP contribution in [0.4, 0.5) is 10.1 Å². The first-order valence-corrected chi connectivity index (χ1v) is 9.02. The van der Waals surface area contributed by atoms with E-state index in [4.69, 9.17) is 4.74 Å². The summed E-state index contributed by atoms with van der Waals surface area (Å²) in [6.45, 7) is 0.608. The Morgan fingerprint density at radius 1 is 1.12 bits per heavy atom. The van der Waals surface area contributed by atoms with Gasteiger partial charge in [-0.05, 0) is 42.0 Å². The van der Waals surface area contributed by atoms with Gasteiger partial charge in [-0.15, -0.1) is 0 Å². The summed E-state index contributed by atoms with van der Waals surface area (Å²) in [6, 6.07) is 11.0. The number of halogens is 1. The van der Waals surface area contributed by atoms with E-state index in [0.717, 1.165) is 0 Å². The van der Waals surface area contributed by atoms with Gasteiger partial charge in [0.05, 0.1) is 4.90 Å². The molecule has 0 spiro atoms. The number of sulfonamides is 1. The van der Waals surface area contributed by atoms with Crippen molar-refractivity contribution >= 4 is 27.6 Å². The van der Waals surface area contributed by atoms with Crippen LogP contribution in [0.3, 0.4) is 0 Å². The molecular weight excluding hydrogens is 363 g/mol. The lowest BCUT2D eigenvalue weighted by Gasteiger charge is -2.08. The predicted molar refractivity (Wildman–Crippen MR) is 92.1 cm³/mol. The number of anilines is 1. The minimum atomic E-state index is -3.91. The van der Waals surface area contributed by atoms with Crippen LogP contribution in [-0.2, 0) is 31.0 Å². The van der Waals surface area contributed by atoms with Gasteiger partial charge in [0.1, 0.15) is 19.0 Å². The molecule has 7 nitrogen and oxygen atoms in total. The maximum Gasteiger partial charge on any atom is 0.321 e. The first kappa shape index (κ1) is 19.5. The fraction of sp³-hybridized carbons (Fsp3) is 0.176. The zero-order valence-corrected chi connectivity index (χ0v) is 14.7. The Morgan fingerprint density at radius 2 is 1.81 bits per heavy atom. The van der Waals surface area contributed by atoms with Crippen LogP contribution in [0.2, 0.25) is 0 Å². The van der Waals surface area contributed by atoms with E-state index in [2.05, 4.69) is 10.0 Å². The van der Waals surface area contributed by atoms with E-state index in [9.17, 15) is 22.4 Å². The van der Waals surface area contributed by atoms with Crippen molar-refractivity contribution in [2.75, 3.05) is 11.9 Å². The number of hydrogen-bond acceptors (Lipinski definition) is 5. The van der Waals surface area contributed by atoms with Crippen molar-refractivity contribution in [3.05, 3.63) is 59.9 Å². The van der Waals surface area contributed by atoms with Crippen molar-refractivity contribution in [1.82, 2.24) is 4.72 Å². The summed E-state index contributed by atoms with van der Waals surface area (Å²) in [5.74, 6) is -1.53. The first-order valence-electron chi connectivity index (χ1n) is 7.54. The molecule has 0 heterocycles. The second-order valence-electron chi connectivity index (χ2n) is 5.32. The zero-order valence-electron chi connectivity index (χ0n) is 13.9. The quantitative estimate of drug-likeness (QED) is 0.714. The summed E-state index contributed by atoms with van der Waals surface area (Å²) in [5, 5.41) is 2.51. The van der Waals surface area contributed by atoms with E-state index in [1.165, 1.54) is 49.4 Å². The molecule has 0 saturated heterocycles. The summed E-state index contributed by atoms with van der Waals surface area (Å²) in [7, 11) is -3.91. The van der Waals surface area contributed by atoms with Crippen molar-refractivity contribution in [3.63, 3.8) is 0 Å². The smallest absolute Gasteiger partial charge is 0.321 e. The van der Waals surface area contributed by atoms with Crippen LogP contribution in [0.5, 0.6) is 0 Å². The Balaban J connectivity index is 1.88. The molecule has 2 N–H and O–H groups in total. The molecule has 2 aromatic rings. The number of hydrogen-bond donors (Lipinski definition) is 2. The minimum Gasteiger partial charge on any atom is -0.460 e. The van der Waals surface area contributed by atoms with Crippen molar-refractivity contribution in [2.24, 2.45) is 0 Å². The monoisotopic (exact) mass is 380 g/mol. The molecule has 0 fully saturated rings. The van der Waals surface area contributed by atoms with Crippen LogP contribution in [0.1, 0.15) is 12.5 Å². The molecule has 0 aliphatic rings. The maximum atomic E-state index is 13.0. The summed E-state index contributed by atoms with van der Waals surface area (Å²) < 4.78 is 44.3. The van der Waals surface area contributed by atoms with E-state index < -0.39 is 28.4 Å². The zero-order chi connectivity index (χ0) is 19.2. The number of esters is 1. The maximum absolute atomic E-state index is 13.0. The molecule has 2 aromatic carbocycles. The van der Waals surface area contributed by atoms with Gasteiger partial charge in [0.25, 0.3) is 0 Å². The van der Waals surface area contributed by atoms with Crippen molar-refractivity contribution in [1.29, 1.82) is 0 Å². The van der Waals surface area contributed by atoms with Gasteiger partial charge >= 0.3 is 5.97 Å². The van der Waals surface area contributed by atoms with Crippen molar-refractivity contribution in [3.8, 4) is 0 Å². The normalized spacial score (nSPS) is 11.0. The van der Waals surface area contributed by atoms with E-state index in [1.807, 2.05) is 0 Å². The number of benzene rings is 2. The molecule has 0 aliphatic heterocycles. The molecule has 9 heteroatoms. The molecule has 0 aromatic heterocycles. The molecule has 138 valence electrons. The largest absolute Gasteiger partial charge is 0.460 e. The number of carbonyl (C=O) groups is 2. The molecule has 0 saturated carbocycles. The van der Waals surface area contributed by atoms with Gasteiger partial charge in [0.2, 0.25) is 15.9 Å². The number of carbonyl (C=O) groups excluding carboxylic acids is 2. The second-order valence-corrected chi connectivity index (χ2v) is 7.09. The van der Waals surface area contributed by atoms with Crippen molar-refractivity contribution < 1.29 is 27.1 Å². The third-order valence-corrected chi connectivity index (χ3v) is 4.60. The summed E-state index contributed by atoms with van der Waals surface area (Å²) in [5.41, 5.74) is 0.903. The highest BCUT2D eigenvalue weighted by Gasteiger charge is 2.16. The van der Waals surface area contributed by atoms with Crippen LogP contribution in [0.25, 0.3) is 0 Å². The third kappa shape index (κ3) is 5.94. The SMILES string of the molecule is CC(=O)Nc1ccc(S(=O)(=O)NCC(=O)OCc2cccc(F)c2)cc1. The molecule has 0 aliphatic carbocycles. The Hall–Kier alpha value is -2.78. The standard InChI is InChI=1S/C17H17FN2O5S/c1-12(21)20-15-5-7-16(8-6-15)26(23,24)19-10-17(22)25-11-13-3-2-4-14(18)9-13/h2-9,19H,10-11H2,1H3,(H,20,21). The summed E-state index contributed by atoms with van der Waals surface area (Å²) in [4.78, 5) is 22.5. The highest BCUT2D eigenvalue weighted by Crippen LogP contribution is 2.14. The molecule has 0 bridgehead atoms. The summed E-state index contributed by atoms with van der Waals surface area (Å²) in [6.07, 6.45) is 0. The van der Waals surface area contributed by atoms with E-state index in [0.29, 0.717) is 11.3 Å². The minimum absolute atomic E-state index is 0.0652. The van der Waals surface area contributed by atoms with Gasteiger partial charge in [-0.3, -0.25) is 9.59 Å². The van der Waals surface area contributed by atoms with Crippen molar-refractivity contribution in [2.45, 2.75) is 18.4 Å². The van der Waals surface area contributed by atoms with Gasteiger partial charge in [-0.25, -0.2) is 12.8 Å². The van der Waals surface area contributed by atoms with E-state index >= 15 is 0 Å². The Labute approximate surface area is 150 Å². The fourth-order valence-corrected chi connectivity index (χ4v) is 2.97. The lowest BCUT2D eigenvalue weighted by atomic mass is 10.2. The second kappa shape index (κ2) is 8.54. The number of amides is 1. The molecule has 0 atom stereocenters. The highest BCUT2D eigenvalue weighted by molar-refractivity contribution is 7.89. The average Bonchev–Trinajstić information content (AvgIpc) is 2.58. The number of ether oxygens (including phenoxy) is 1. The summed E-state index contributed by atoms with van der Waals surface area (Å²) >= 11 is 0. The molecule has 1 amide bonds. The Kier molecular flexibility index (Phi) is 6.42. The first-order chi connectivity index (χ1) is 12.3. The highest BCUT2D eigenvalue weighted by atomic mass is 32.2. The van der Waals surface area contributed by atoms with Gasteiger partial charge in [0, 0.05) is 12.6 Å². The van der Waals surface area contributed by atoms with Crippen LogP contribution >= 0.6 is 0 Å². The van der Waals surface area contributed by atoms with Gasteiger partial charge in [-0.1, -0.05) is 12.1 Å². The van der Waals surface area contributed by atoms with Crippen LogP contribution < -0.4 is 10.0 Å². The van der Waals surface area contributed by atoms with E-state index in [-0.39, 0.29) is 17.4 Å². The predicted octanol–water partition coefficient (Wildman–Crippen LogP) is 1.81. The van der Waals surface area contributed by atoms with Gasteiger partial charge < -0.3 is 10.1 Å². The third-order valence-electron chi connectivity index (χ3n) is 3.18.